The summed E-state index contributed by atoms with van der Waals surface area (Å²) in [6.45, 7) is 2.01. The van der Waals surface area contributed by atoms with Crippen molar-refractivity contribution in [2.75, 3.05) is 18.5 Å². The number of carboxylic acid groups (broad SMARTS) is 1. The maximum atomic E-state index is 10.9. The Bertz CT molecular complexity index is 642. The topological polar surface area (TPSA) is 66.3 Å². The number of halogens is 2. The van der Waals surface area contributed by atoms with E-state index in [-0.39, 0.29) is 0 Å². The lowest BCUT2D eigenvalue weighted by Gasteiger charge is -2.17. The fraction of sp³-hybridized carbons (Fsp3) is 0.308. The molecule has 8 heteroatoms. The van der Waals surface area contributed by atoms with Gasteiger partial charge in [0.2, 0.25) is 5.13 Å². The van der Waals surface area contributed by atoms with E-state index in [4.69, 9.17) is 28.3 Å². The summed E-state index contributed by atoms with van der Waals surface area (Å²) >= 11 is 13.3. The molecule has 5 nitrogen and oxygen atoms in total. The van der Waals surface area contributed by atoms with Crippen LogP contribution >= 0.6 is 34.5 Å². The number of hydrogen-bond acceptors (Lipinski definition) is 5. The van der Waals surface area contributed by atoms with Crippen molar-refractivity contribution < 1.29 is 9.90 Å². The highest BCUT2D eigenvalue weighted by molar-refractivity contribution is 7.18. The van der Waals surface area contributed by atoms with Gasteiger partial charge in [0, 0.05) is 29.2 Å². The van der Waals surface area contributed by atoms with Gasteiger partial charge in [-0.2, -0.15) is 0 Å². The highest BCUT2D eigenvalue weighted by Gasteiger charge is 2.17. The number of aliphatic carboxylic acids is 1. The summed E-state index contributed by atoms with van der Waals surface area (Å²) in [6, 6.07) is 5.17. The largest absolute Gasteiger partial charge is 0.481 e. The second kappa shape index (κ2) is 6.60. The first-order chi connectivity index (χ1) is 9.86. The molecule has 0 saturated heterocycles. The van der Waals surface area contributed by atoms with Crippen LogP contribution in [0.3, 0.4) is 0 Å². The third-order valence-corrected chi connectivity index (χ3v) is 4.34. The van der Waals surface area contributed by atoms with Gasteiger partial charge in [-0.25, -0.2) is 0 Å². The van der Waals surface area contributed by atoms with Crippen LogP contribution in [0, 0.1) is 5.92 Å². The Hall–Kier alpha value is -1.37. The maximum Gasteiger partial charge on any atom is 0.308 e. The van der Waals surface area contributed by atoms with Crippen LogP contribution in [0.1, 0.15) is 6.92 Å². The maximum absolute atomic E-state index is 10.9. The van der Waals surface area contributed by atoms with E-state index in [2.05, 4.69) is 10.2 Å². The lowest BCUT2D eigenvalue weighted by atomic mass is 10.2. The summed E-state index contributed by atoms with van der Waals surface area (Å²) < 4.78 is 0. The summed E-state index contributed by atoms with van der Waals surface area (Å²) in [5, 5.41) is 19.5. The van der Waals surface area contributed by atoms with E-state index in [1.54, 1.807) is 37.1 Å². The van der Waals surface area contributed by atoms with Crippen molar-refractivity contribution in [2.24, 2.45) is 5.92 Å². The van der Waals surface area contributed by atoms with E-state index in [1.165, 1.54) is 11.3 Å². The van der Waals surface area contributed by atoms with E-state index < -0.39 is 11.9 Å². The van der Waals surface area contributed by atoms with Gasteiger partial charge in [0.05, 0.1) is 5.92 Å². The first-order valence-corrected chi connectivity index (χ1v) is 7.68. The SMILES string of the molecule is CC(CN(C)c1nnc(-c2cc(Cl)cc(Cl)c2)s1)C(=O)O. The van der Waals surface area contributed by atoms with Crippen LogP contribution < -0.4 is 4.90 Å². The van der Waals surface area contributed by atoms with E-state index in [9.17, 15) is 4.79 Å². The summed E-state index contributed by atoms with van der Waals surface area (Å²) in [5.74, 6) is -1.32. The molecule has 112 valence electrons. The Labute approximate surface area is 136 Å². The van der Waals surface area contributed by atoms with E-state index in [1.807, 2.05) is 0 Å². The molecule has 0 spiro atoms. The van der Waals surface area contributed by atoms with Crippen LogP contribution in [0.4, 0.5) is 5.13 Å². The zero-order chi connectivity index (χ0) is 15.6. The highest BCUT2D eigenvalue weighted by atomic mass is 35.5. The first kappa shape index (κ1) is 16.0. The van der Waals surface area contributed by atoms with Crippen LogP contribution in [0.5, 0.6) is 0 Å². The molecule has 0 bridgehead atoms. The van der Waals surface area contributed by atoms with Gasteiger partial charge in [0.25, 0.3) is 0 Å². The summed E-state index contributed by atoms with van der Waals surface area (Å²) in [7, 11) is 1.79. The van der Waals surface area contributed by atoms with E-state index >= 15 is 0 Å². The van der Waals surface area contributed by atoms with Crippen molar-refractivity contribution in [3.63, 3.8) is 0 Å². The molecule has 0 saturated carbocycles. The average Bonchev–Trinajstić information content (AvgIpc) is 2.86. The Balaban J connectivity index is 2.19. The quantitative estimate of drug-likeness (QED) is 0.895. The number of carbonyl (C=O) groups is 1. The van der Waals surface area contributed by atoms with Crippen LogP contribution in [0.15, 0.2) is 18.2 Å². The number of rotatable bonds is 5. The van der Waals surface area contributed by atoms with Gasteiger partial charge >= 0.3 is 5.97 Å². The molecule has 0 fully saturated rings. The number of hydrogen-bond donors (Lipinski definition) is 1. The van der Waals surface area contributed by atoms with Gasteiger partial charge in [-0.1, -0.05) is 41.5 Å². The van der Waals surface area contributed by atoms with Crippen LogP contribution in [-0.4, -0.2) is 34.9 Å². The Morgan fingerprint density at radius 2 is 1.95 bits per heavy atom. The third-order valence-electron chi connectivity index (χ3n) is 2.82. The molecule has 0 radical (unpaired) electrons. The van der Waals surface area contributed by atoms with E-state index in [0.717, 1.165) is 5.56 Å². The predicted molar refractivity (Wildman–Crippen MR) is 85.4 cm³/mol. The van der Waals surface area contributed by atoms with Gasteiger partial charge in [-0.15, -0.1) is 10.2 Å². The molecule has 0 amide bonds. The van der Waals surface area contributed by atoms with Crippen molar-refractivity contribution in [1.82, 2.24) is 10.2 Å². The molecule has 1 heterocycles. The minimum atomic E-state index is -0.840. The van der Waals surface area contributed by atoms with Crippen LogP contribution in [0.2, 0.25) is 10.0 Å². The number of nitrogens with zero attached hydrogens (tertiary/aromatic N) is 3. The van der Waals surface area contributed by atoms with Gasteiger partial charge in [-0.3, -0.25) is 4.79 Å². The van der Waals surface area contributed by atoms with Gasteiger partial charge in [-0.05, 0) is 18.2 Å². The molecule has 1 aromatic carbocycles. The number of aromatic nitrogens is 2. The molecule has 2 rings (SSSR count). The Kier molecular flexibility index (Phi) is 5.03. The van der Waals surface area contributed by atoms with Gasteiger partial charge in [0.15, 0.2) is 0 Å². The number of anilines is 1. The standard InChI is InChI=1S/C13H13Cl2N3O2S/c1-7(12(19)20)6-18(2)13-17-16-11(21-13)8-3-9(14)5-10(15)4-8/h3-5,7H,6H2,1-2H3,(H,19,20). The molecule has 0 aliphatic carbocycles. The minimum Gasteiger partial charge on any atom is -0.481 e. The molecule has 21 heavy (non-hydrogen) atoms. The van der Waals surface area contributed by atoms with E-state index in [0.29, 0.717) is 26.7 Å². The molecule has 1 unspecified atom stereocenters. The van der Waals surface area contributed by atoms with Crippen molar-refractivity contribution in [2.45, 2.75) is 6.92 Å². The summed E-state index contributed by atoms with van der Waals surface area (Å²) in [4.78, 5) is 12.6. The number of carboxylic acids is 1. The molecule has 0 aliphatic rings. The lowest BCUT2D eigenvalue weighted by molar-refractivity contribution is -0.140. The summed E-state index contributed by atoms with van der Waals surface area (Å²) in [6.07, 6.45) is 0. The number of benzene rings is 1. The Morgan fingerprint density at radius 3 is 2.52 bits per heavy atom. The minimum absolute atomic E-state index is 0.361. The second-order valence-electron chi connectivity index (χ2n) is 4.67. The molecule has 1 atom stereocenters. The van der Waals surface area contributed by atoms with Crippen molar-refractivity contribution in [1.29, 1.82) is 0 Å². The summed E-state index contributed by atoms with van der Waals surface area (Å²) in [5.41, 5.74) is 0.788. The Morgan fingerprint density at radius 1 is 1.33 bits per heavy atom. The van der Waals surface area contributed by atoms with Crippen molar-refractivity contribution in [3.8, 4) is 10.6 Å². The first-order valence-electron chi connectivity index (χ1n) is 6.10. The molecule has 1 N–H and O–H groups in total. The molecular weight excluding hydrogens is 333 g/mol. The molecule has 1 aromatic heterocycles. The van der Waals surface area contributed by atoms with Gasteiger partial charge in [0.1, 0.15) is 5.01 Å². The van der Waals surface area contributed by atoms with Gasteiger partial charge < -0.3 is 10.0 Å². The van der Waals surface area contributed by atoms with Crippen molar-refractivity contribution >= 4 is 45.6 Å². The molecular formula is C13H13Cl2N3O2S. The fourth-order valence-corrected chi connectivity index (χ4v) is 3.06. The van der Waals surface area contributed by atoms with Crippen LogP contribution in [0.25, 0.3) is 10.6 Å². The normalized spacial score (nSPS) is 12.2. The fourth-order valence-electron chi connectivity index (χ4n) is 1.73. The molecule has 2 aromatic rings. The predicted octanol–water partition coefficient (Wildman–Crippen LogP) is 3.67. The highest BCUT2D eigenvalue weighted by Crippen LogP contribution is 2.32. The average molecular weight is 346 g/mol. The zero-order valence-corrected chi connectivity index (χ0v) is 13.7. The monoisotopic (exact) mass is 345 g/mol. The van der Waals surface area contributed by atoms with Crippen molar-refractivity contribution in [3.05, 3.63) is 28.2 Å². The third kappa shape index (κ3) is 4.06. The second-order valence-corrected chi connectivity index (χ2v) is 6.50. The molecule has 0 aliphatic heterocycles. The van der Waals surface area contributed by atoms with Crippen LogP contribution in [-0.2, 0) is 4.79 Å². The smallest absolute Gasteiger partial charge is 0.308 e. The zero-order valence-electron chi connectivity index (χ0n) is 11.4. The lowest BCUT2D eigenvalue weighted by Crippen LogP contribution is -2.28.